The second-order valence-electron chi connectivity index (χ2n) is 5.34. The number of anilines is 1. The lowest BCUT2D eigenvalue weighted by Gasteiger charge is -2.38. The van der Waals surface area contributed by atoms with Crippen LogP contribution in [-0.2, 0) is 6.42 Å². The number of nitrogens with zero attached hydrogens (tertiary/aromatic N) is 1. The molecule has 0 spiro atoms. The molecule has 0 saturated carbocycles. The van der Waals surface area contributed by atoms with Gasteiger partial charge in [0.05, 0.1) is 6.04 Å². The van der Waals surface area contributed by atoms with Gasteiger partial charge in [-0.3, -0.25) is 0 Å². The minimum absolute atomic E-state index is 0.190. The summed E-state index contributed by atoms with van der Waals surface area (Å²) in [5.74, 6) is -0.252. The predicted octanol–water partition coefficient (Wildman–Crippen LogP) is 3.93. The molecule has 3 rings (SSSR count). The van der Waals surface area contributed by atoms with Crippen molar-refractivity contribution in [1.29, 1.82) is 0 Å². The molecule has 0 aromatic heterocycles. The van der Waals surface area contributed by atoms with Crippen molar-refractivity contribution in [2.75, 3.05) is 18.0 Å². The summed E-state index contributed by atoms with van der Waals surface area (Å²) in [6, 6.07) is 12.7. The van der Waals surface area contributed by atoms with Gasteiger partial charge < -0.3 is 10.6 Å². The van der Waals surface area contributed by atoms with Crippen molar-refractivity contribution in [3.63, 3.8) is 0 Å². The summed E-state index contributed by atoms with van der Waals surface area (Å²) in [7, 11) is 0. The molecule has 1 unspecified atom stereocenters. The Kier molecular flexibility index (Phi) is 4.13. The molecule has 0 amide bonds. The number of benzene rings is 2. The molecular formula is C17H18ClFN2. The lowest BCUT2D eigenvalue weighted by molar-refractivity contribution is 0.542. The minimum Gasteiger partial charge on any atom is -0.363 e. The maximum Gasteiger partial charge on any atom is 0.128 e. The summed E-state index contributed by atoms with van der Waals surface area (Å²) in [5, 5.41) is 0.537. The second-order valence-corrected chi connectivity index (χ2v) is 5.78. The third-order valence-corrected chi connectivity index (χ3v) is 4.30. The van der Waals surface area contributed by atoms with Crippen LogP contribution in [0.25, 0.3) is 0 Å². The van der Waals surface area contributed by atoms with Crippen molar-refractivity contribution < 1.29 is 4.39 Å². The average molecular weight is 305 g/mol. The molecule has 2 aromatic rings. The van der Waals surface area contributed by atoms with Crippen LogP contribution in [-0.4, -0.2) is 13.1 Å². The van der Waals surface area contributed by atoms with Gasteiger partial charge in [-0.1, -0.05) is 29.8 Å². The topological polar surface area (TPSA) is 29.3 Å². The van der Waals surface area contributed by atoms with E-state index >= 15 is 0 Å². The Labute approximate surface area is 129 Å². The molecule has 1 heterocycles. The van der Waals surface area contributed by atoms with E-state index in [0.29, 0.717) is 17.1 Å². The first-order chi connectivity index (χ1) is 10.2. The smallest absolute Gasteiger partial charge is 0.128 e. The summed E-state index contributed by atoms with van der Waals surface area (Å²) < 4.78 is 14.2. The van der Waals surface area contributed by atoms with Crippen LogP contribution in [0.2, 0.25) is 5.02 Å². The quantitative estimate of drug-likeness (QED) is 0.931. The van der Waals surface area contributed by atoms with Crippen molar-refractivity contribution in [2.45, 2.75) is 18.9 Å². The second kappa shape index (κ2) is 6.04. The molecule has 0 bridgehead atoms. The Balaban J connectivity index is 2.03. The lowest BCUT2D eigenvalue weighted by Crippen LogP contribution is -2.37. The number of nitrogens with two attached hydrogens (primary N) is 1. The third kappa shape index (κ3) is 2.76. The molecule has 0 radical (unpaired) electrons. The van der Waals surface area contributed by atoms with Gasteiger partial charge in [-0.2, -0.15) is 0 Å². The fourth-order valence-corrected chi connectivity index (χ4v) is 3.26. The highest BCUT2D eigenvalue weighted by molar-refractivity contribution is 6.30. The average Bonchev–Trinajstić information content (AvgIpc) is 2.51. The number of aryl methyl sites for hydroxylation is 1. The van der Waals surface area contributed by atoms with Gasteiger partial charge in [0.25, 0.3) is 0 Å². The van der Waals surface area contributed by atoms with E-state index in [9.17, 15) is 4.39 Å². The van der Waals surface area contributed by atoms with E-state index in [2.05, 4.69) is 17.0 Å². The van der Waals surface area contributed by atoms with Crippen molar-refractivity contribution in [1.82, 2.24) is 0 Å². The van der Waals surface area contributed by atoms with Crippen LogP contribution in [0.5, 0.6) is 0 Å². The standard InChI is InChI=1S/C17H18ClFN2/c18-13-7-8-15(19)14(10-13)17(11-20)21-9-3-5-12-4-1-2-6-16(12)21/h1-2,4,6-8,10,17H,3,5,9,11,20H2. The van der Waals surface area contributed by atoms with Crippen LogP contribution in [0, 0.1) is 5.82 Å². The SMILES string of the molecule is NCC(c1cc(Cl)ccc1F)N1CCCc2ccccc21. The number of rotatable bonds is 3. The molecule has 0 aliphatic carbocycles. The van der Waals surface area contributed by atoms with E-state index in [4.69, 9.17) is 17.3 Å². The number of halogens is 2. The van der Waals surface area contributed by atoms with Gasteiger partial charge >= 0.3 is 0 Å². The van der Waals surface area contributed by atoms with E-state index < -0.39 is 0 Å². The first-order valence-electron chi connectivity index (χ1n) is 7.20. The minimum atomic E-state index is -0.252. The molecular weight excluding hydrogens is 287 g/mol. The normalized spacial score (nSPS) is 15.7. The van der Waals surface area contributed by atoms with Crippen LogP contribution < -0.4 is 10.6 Å². The maximum absolute atomic E-state index is 14.2. The molecule has 1 aliphatic rings. The fourth-order valence-electron chi connectivity index (χ4n) is 3.08. The number of fused-ring (bicyclic) bond motifs is 1. The van der Waals surface area contributed by atoms with Gasteiger partial charge in [0, 0.05) is 29.4 Å². The van der Waals surface area contributed by atoms with Crippen LogP contribution in [0.15, 0.2) is 42.5 Å². The Hall–Kier alpha value is -1.58. The van der Waals surface area contributed by atoms with E-state index in [-0.39, 0.29) is 11.9 Å². The van der Waals surface area contributed by atoms with Gasteiger partial charge in [0.1, 0.15) is 5.82 Å². The van der Waals surface area contributed by atoms with Gasteiger partial charge in [0.2, 0.25) is 0 Å². The van der Waals surface area contributed by atoms with E-state index in [1.54, 1.807) is 12.1 Å². The van der Waals surface area contributed by atoms with Crippen LogP contribution in [0.1, 0.15) is 23.6 Å². The van der Waals surface area contributed by atoms with Crippen LogP contribution >= 0.6 is 11.6 Å². The molecule has 4 heteroatoms. The molecule has 2 nitrogen and oxygen atoms in total. The number of hydrogen-bond acceptors (Lipinski definition) is 2. The van der Waals surface area contributed by atoms with Crippen LogP contribution in [0.3, 0.4) is 0 Å². The highest BCUT2D eigenvalue weighted by atomic mass is 35.5. The molecule has 2 aromatic carbocycles. The highest BCUT2D eigenvalue weighted by Crippen LogP contribution is 2.35. The zero-order chi connectivity index (χ0) is 14.8. The molecule has 1 aliphatic heterocycles. The predicted molar refractivity (Wildman–Crippen MR) is 85.3 cm³/mol. The first kappa shape index (κ1) is 14.4. The lowest BCUT2D eigenvalue weighted by atomic mass is 9.97. The summed E-state index contributed by atoms with van der Waals surface area (Å²) in [6.07, 6.45) is 2.11. The Bertz CT molecular complexity index is 644. The maximum atomic E-state index is 14.2. The summed E-state index contributed by atoms with van der Waals surface area (Å²) in [5.41, 5.74) is 8.98. The first-order valence-corrected chi connectivity index (χ1v) is 7.58. The molecule has 21 heavy (non-hydrogen) atoms. The Morgan fingerprint density at radius 3 is 2.86 bits per heavy atom. The van der Waals surface area contributed by atoms with Gasteiger partial charge in [0.15, 0.2) is 0 Å². The zero-order valence-corrected chi connectivity index (χ0v) is 12.5. The summed E-state index contributed by atoms with van der Waals surface area (Å²) in [4.78, 5) is 2.20. The monoisotopic (exact) mass is 304 g/mol. The summed E-state index contributed by atoms with van der Waals surface area (Å²) >= 11 is 6.03. The highest BCUT2D eigenvalue weighted by Gasteiger charge is 2.26. The molecule has 0 saturated heterocycles. The van der Waals surface area contributed by atoms with Gasteiger partial charge in [-0.05, 0) is 42.7 Å². The van der Waals surface area contributed by atoms with E-state index in [1.807, 2.05) is 12.1 Å². The van der Waals surface area contributed by atoms with Crippen molar-refractivity contribution in [2.24, 2.45) is 5.73 Å². The molecule has 1 atom stereocenters. The molecule has 110 valence electrons. The van der Waals surface area contributed by atoms with Crippen molar-refractivity contribution in [3.05, 3.63) is 64.4 Å². The van der Waals surface area contributed by atoms with Crippen LogP contribution in [0.4, 0.5) is 10.1 Å². The fraction of sp³-hybridized carbons (Fsp3) is 0.294. The zero-order valence-electron chi connectivity index (χ0n) is 11.7. The van der Waals surface area contributed by atoms with Gasteiger partial charge in [-0.15, -0.1) is 0 Å². The third-order valence-electron chi connectivity index (χ3n) is 4.06. The largest absolute Gasteiger partial charge is 0.363 e. The molecule has 0 fully saturated rings. The van der Waals surface area contributed by atoms with E-state index in [1.165, 1.54) is 11.6 Å². The number of hydrogen-bond donors (Lipinski definition) is 1. The number of para-hydroxylation sites is 1. The van der Waals surface area contributed by atoms with Crippen molar-refractivity contribution in [3.8, 4) is 0 Å². The Morgan fingerprint density at radius 2 is 2.05 bits per heavy atom. The molecule has 2 N–H and O–H groups in total. The Morgan fingerprint density at radius 1 is 1.24 bits per heavy atom. The van der Waals surface area contributed by atoms with E-state index in [0.717, 1.165) is 25.1 Å². The summed E-state index contributed by atoms with van der Waals surface area (Å²) in [6.45, 7) is 1.23. The van der Waals surface area contributed by atoms with Crippen molar-refractivity contribution >= 4 is 17.3 Å². The van der Waals surface area contributed by atoms with Gasteiger partial charge in [-0.25, -0.2) is 4.39 Å².